The first kappa shape index (κ1) is 22.2. The lowest BCUT2D eigenvalue weighted by Gasteiger charge is -2.19. The lowest BCUT2D eigenvalue weighted by Crippen LogP contribution is -2.27. The van der Waals surface area contributed by atoms with E-state index in [-0.39, 0.29) is 23.2 Å². The van der Waals surface area contributed by atoms with Gasteiger partial charge in [-0.1, -0.05) is 35.9 Å². The number of amides is 1. The summed E-state index contributed by atoms with van der Waals surface area (Å²) in [6.45, 7) is 3.71. The number of hydrogen-bond acceptors (Lipinski definition) is 4. The van der Waals surface area contributed by atoms with Crippen molar-refractivity contribution in [3.05, 3.63) is 70.5 Å². The van der Waals surface area contributed by atoms with Gasteiger partial charge in [-0.3, -0.25) is 4.79 Å². The number of aromatic nitrogens is 2. The molecule has 3 aromatic rings. The van der Waals surface area contributed by atoms with Gasteiger partial charge >= 0.3 is 0 Å². The SMILES string of the molecule is COc1cc(C(C)NC(=O)c2c(C)nn(-c3ccccc3)c2Cl)ccc1OC1CCCC1. The molecule has 1 fully saturated rings. The van der Waals surface area contributed by atoms with Gasteiger partial charge < -0.3 is 14.8 Å². The van der Waals surface area contributed by atoms with E-state index in [1.807, 2.05) is 55.5 Å². The third-order valence-electron chi connectivity index (χ3n) is 5.86. The summed E-state index contributed by atoms with van der Waals surface area (Å²) in [5.74, 6) is 1.14. The van der Waals surface area contributed by atoms with E-state index in [2.05, 4.69) is 10.4 Å². The molecule has 168 valence electrons. The second-order valence-electron chi connectivity index (χ2n) is 8.13. The molecule has 4 rings (SSSR count). The monoisotopic (exact) mass is 453 g/mol. The van der Waals surface area contributed by atoms with E-state index < -0.39 is 0 Å². The highest BCUT2D eigenvalue weighted by Gasteiger charge is 2.24. The summed E-state index contributed by atoms with van der Waals surface area (Å²) in [4.78, 5) is 13.1. The van der Waals surface area contributed by atoms with Crippen molar-refractivity contribution in [2.75, 3.05) is 7.11 Å². The number of benzene rings is 2. The molecule has 1 atom stereocenters. The molecular weight excluding hydrogens is 426 g/mol. The van der Waals surface area contributed by atoms with Gasteiger partial charge in [-0.25, -0.2) is 4.68 Å². The van der Waals surface area contributed by atoms with Gasteiger partial charge in [0.2, 0.25) is 0 Å². The van der Waals surface area contributed by atoms with Crippen molar-refractivity contribution in [2.45, 2.75) is 51.7 Å². The Labute approximate surface area is 193 Å². The van der Waals surface area contributed by atoms with Crippen molar-refractivity contribution in [2.24, 2.45) is 0 Å². The summed E-state index contributed by atoms with van der Waals surface area (Å²) in [5.41, 5.74) is 2.66. The number of methoxy groups -OCH3 is 1. The van der Waals surface area contributed by atoms with Crippen LogP contribution in [0.1, 0.15) is 60.3 Å². The molecule has 1 saturated carbocycles. The van der Waals surface area contributed by atoms with Crippen LogP contribution in [0.25, 0.3) is 5.69 Å². The average Bonchev–Trinajstić information content (AvgIpc) is 3.41. The van der Waals surface area contributed by atoms with Gasteiger partial charge in [0.1, 0.15) is 5.15 Å². The first-order chi connectivity index (χ1) is 15.5. The lowest BCUT2D eigenvalue weighted by molar-refractivity contribution is 0.0939. The second-order valence-corrected chi connectivity index (χ2v) is 8.49. The lowest BCUT2D eigenvalue weighted by atomic mass is 10.1. The Morgan fingerprint density at radius 3 is 2.56 bits per heavy atom. The van der Waals surface area contributed by atoms with Gasteiger partial charge in [0.05, 0.1) is 36.2 Å². The third kappa shape index (κ3) is 4.60. The highest BCUT2D eigenvalue weighted by atomic mass is 35.5. The van der Waals surface area contributed by atoms with E-state index in [4.69, 9.17) is 21.1 Å². The van der Waals surface area contributed by atoms with Crippen LogP contribution in [0, 0.1) is 6.92 Å². The number of ether oxygens (including phenoxy) is 2. The van der Waals surface area contributed by atoms with E-state index in [0.29, 0.717) is 17.0 Å². The van der Waals surface area contributed by atoms with Crippen LogP contribution in [0.2, 0.25) is 5.15 Å². The Hall–Kier alpha value is -2.99. The van der Waals surface area contributed by atoms with E-state index in [1.54, 1.807) is 18.7 Å². The first-order valence-electron chi connectivity index (χ1n) is 10.9. The molecule has 1 unspecified atom stereocenters. The number of carbonyl (C=O) groups excluding carboxylic acids is 1. The van der Waals surface area contributed by atoms with Crippen LogP contribution >= 0.6 is 11.6 Å². The summed E-state index contributed by atoms with van der Waals surface area (Å²) in [6.07, 6.45) is 4.81. The third-order valence-corrected chi connectivity index (χ3v) is 6.21. The highest BCUT2D eigenvalue weighted by molar-refractivity contribution is 6.33. The van der Waals surface area contributed by atoms with Gasteiger partial charge in [0, 0.05) is 0 Å². The maximum atomic E-state index is 13.1. The van der Waals surface area contributed by atoms with E-state index in [0.717, 1.165) is 29.8 Å². The number of carbonyl (C=O) groups is 1. The molecule has 1 N–H and O–H groups in total. The fraction of sp³-hybridized carbons (Fsp3) is 0.360. The van der Waals surface area contributed by atoms with Crippen molar-refractivity contribution in [3.8, 4) is 17.2 Å². The number of nitrogens with one attached hydrogen (secondary N) is 1. The van der Waals surface area contributed by atoms with Crippen molar-refractivity contribution < 1.29 is 14.3 Å². The smallest absolute Gasteiger partial charge is 0.256 e. The van der Waals surface area contributed by atoms with Crippen molar-refractivity contribution >= 4 is 17.5 Å². The van der Waals surface area contributed by atoms with Gasteiger partial charge in [-0.2, -0.15) is 5.10 Å². The van der Waals surface area contributed by atoms with Crippen molar-refractivity contribution in [1.29, 1.82) is 0 Å². The van der Waals surface area contributed by atoms with E-state index >= 15 is 0 Å². The second kappa shape index (κ2) is 9.65. The summed E-state index contributed by atoms with van der Waals surface area (Å²) < 4.78 is 13.3. The Balaban J connectivity index is 1.51. The fourth-order valence-corrected chi connectivity index (χ4v) is 4.44. The summed E-state index contributed by atoms with van der Waals surface area (Å²) >= 11 is 6.54. The first-order valence-corrected chi connectivity index (χ1v) is 11.3. The van der Waals surface area contributed by atoms with Crippen LogP contribution in [0.4, 0.5) is 0 Å². The number of nitrogens with zero attached hydrogens (tertiary/aromatic N) is 2. The minimum atomic E-state index is -0.271. The summed E-state index contributed by atoms with van der Waals surface area (Å²) in [6, 6.07) is 15.0. The molecule has 1 aliphatic rings. The molecule has 32 heavy (non-hydrogen) atoms. The van der Waals surface area contributed by atoms with Gasteiger partial charge in [0.25, 0.3) is 5.91 Å². The molecule has 0 spiro atoms. The van der Waals surface area contributed by atoms with Crippen LogP contribution in [0.5, 0.6) is 11.5 Å². The van der Waals surface area contributed by atoms with Crippen molar-refractivity contribution in [1.82, 2.24) is 15.1 Å². The number of rotatable bonds is 7. The largest absolute Gasteiger partial charge is 0.493 e. The van der Waals surface area contributed by atoms with Crippen LogP contribution in [0.15, 0.2) is 48.5 Å². The van der Waals surface area contributed by atoms with E-state index in [9.17, 15) is 4.79 Å². The number of halogens is 1. The predicted octanol–water partition coefficient (Wildman–Crippen LogP) is 5.66. The quantitative estimate of drug-likeness (QED) is 0.501. The molecule has 7 heteroatoms. The van der Waals surface area contributed by atoms with Crippen LogP contribution < -0.4 is 14.8 Å². The van der Waals surface area contributed by atoms with E-state index in [1.165, 1.54) is 12.8 Å². The number of para-hydroxylation sites is 1. The molecule has 0 bridgehead atoms. The molecule has 0 radical (unpaired) electrons. The molecule has 1 heterocycles. The average molecular weight is 454 g/mol. The van der Waals surface area contributed by atoms with Gasteiger partial charge in [-0.05, 0) is 69.4 Å². The topological polar surface area (TPSA) is 65.4 Å². The Morgan fingerprint density at radius 2 is 1.88 bits per heavy atom. The zero-order valence-electron chi connectivity index (χ0n) is 18.6. The molecular formula is C25H28ClN3O3. The molecule has 1 amide bonds. The molecule has 2 aromatic carbocycles. The normalized spacial score (nSPS) is 14.9. The Kier molecular flexibility index (Phi) is 6.70. The zero-order valence-corrected chi connectivity index (χ0v) is 19.4. The Morgan fingerprint density at radius 1 is 1.16 bits per heavy atom. The van der Waals surface area contributed by atoms with Gasteiger partial charge in [-0.15, -0.1) is 0 Å². The minimum absolute atomic E-state index is 0.248. The molecule has 6 nitrogen and oxygen atoms in total. The zero-order chi connectivity index (χ0) is 22.7. The van der Waals surface area contributed by atoms with Gasteiger partial charge in [0.15, 0.2) is 11.5 Å². The summed E-state index contributed by atoms with van der Waals surface area (Å²) in [5, 5.41) is 7.77. The molecule has 1 aliphatic carbocycles. The Bertz CT molecular complexity index is 1090. The molecule has 0 aliphatic heterocycles. The predicted molar refractivity (Wildman–Crippen MR) is 125 cm³/mol. The minimum Gasteiger partial charge on any atom is -0.493 e. The maximum Gasteiger partial charge on any atom is 0.256 e. The number of hydrogen-bond donors (Lipinski definition) is 1. The standard InChI is InChI=1S/C25H28ClN3O3/c1-16(18-13-14-21(22(15-18)31-3)32-20-11-7-8-12-20)27-25(30)23-17(2)28-29(24(23)26)19-9-5-4-6-10-19/h4-6,9-10,13-16,20H,7-8,11-12H2,1-3H3,(H,27,30). The van der Waals surface area contributed by atoms with Crippen molar-refractivity contribution in [3.63, 3.8) is 0 Å². The van der Waals surface area contributed by atoms with Crippen LogP contribution in [-0.2, 0) is 0 Å². The molecule has 1 aromatic heterocycles. The number of aryl methyl sites for hydroxylation is 1. The summed E-state index contributed by atoms with van der Waals surface area (Å²) in [7, 11) is 1.63. The fourth-order valence-electron chi connectivity index (χ4n) is 4.09. The van der Waals surface area contributed by atoms with Crippen LogP contribution in [0.3, 0.4) is 0 Å². The molecule has 0 saturated heterocycles. The maximum absolute atomic E-state index is 13.1. The van der Waals surface area contributed by atoms with Crippen LogP contribution in [-0.4, -0.2) is 28.9 Å². The highest BCUT2D eigenvalue weighted by Crippen LogP contribution is 2.34.